The molecule has 0 amide bonds. The fourth-order valence-corrected chi connectivity index (χ4v) is 4.55. The van der Waals surface area contributed by atoms with Crippen LogP contribution in [0, 0.1) is 6.92 Å². The molecule has 0 radical (unpaired) electrons. The van der Waals surface area contributed by atoms with Crippen LogP contribution < -0.4 is 9.46 Å². The lowest BCUT2D eigenvalue weighted by molar-refractivity contribution is 0.475. The molecule has 0 saturated heterocycles. The van der Waals surface area contributed by atoms with Gasteiger partial charge in [0.1, 0.15) is 21.5 Å². The molecule has 142 valence electrons. The molecule has 3 aromatic rings. The molecule has 2 aromatic carbocycles. The van der Waals surface area contributed by atoms with Crippen molar-refractivity contribution in [2.45, 2.75) is 18.4 Å². The predicted octanol–water partition coefficient (Wildman–Crippen LogP) is 4.31. The number of para-hydroxylation sites is 1. The van der Waals surface area contributed by atoms with Gasteiger partial charge in [-0.3, -0.25) is 4.68 Å². The molecule has 0 aliphatic rings. The number of aryl methyl sites for hydroxylation is 2. The lowest BCUT2D eigenvalue weighted by atomic mass is 10.2. The van der Waals surface area contributed by atoms with Crippen LogP contribution >= 0.6 is 23.2 Å². The number of halogens is 2. The van der Waals surface area contributed by atoms with Crippen LogP contribution in [0.4, 0.5) is 0 Å². The summed E-state index contributed by atoms with van der Waals surface area (Å²) < 4.78 is 35.1. The van der Waals surface area contributed by atoms with E-state index in [1.165, 1.54) is 4.68 Å². The molecule has 0 saturated carbocycles. The van der Waals surface area contributed by atoms with Gasteiger partial charge in [0, 0.05) is 24.2 Å². The summed E-state index contributed by atoms with van der Waals surface area (Å²) in [5.74, 6) is 1.08. The molecule has 9 heteroatoms. The summed E-state index contributed by atoms with van der Waals surface area (Å²) >= 11 is 12.4. The van der Waals surface area contributed by atoms with Gasteiger partial charge in [-0.05, 0) is 31.2 Å². The smallest absolute Gasteiger partial charge is 0.245 e. The van der Waals surface area contributed by atoms with E-state index in [2.05, 4.69) is 9.82 Å². The second kappa shape index (κ2) is 7.90. The molecular formula is C18H17Cl2N3O3S. The van der Waals surface area contributed by atoms with Crippen LogP contribution in [0.3, 0.4) is 0 Å². The number of rotatable bonds is 6. The second-order valence-corrected chi connectivity index (χ2v) is 8.25. The highest BCUT2D eigenvalue weighted by Gasteiger charge is 2.25. The largest absolute Gasteiger partial charge is 0.457 e. The van der Waals surface area contributed by atoms with Crippen molar-refractivity contribution >= 4 is 33.2 Å². The molecule has 0 aliphatic heterocycles. The van der Waals surface area contributed by atoms with Gasteiger partial charge in [-0.1, -0.05) is 47.5 Å². The number of nitrogens with zero attached hydrogens (tertiary/aromatic N) is 2. The summed E-state index contributed by atoms with van der Waals surface area (Å²) in [6, 6.07) is 14.3. The van der Waals surface area contributed by atoms with Crippen LogP contribution in [0.5, 0.6) is 11.5 Å². The van der Waals surface area contributed by atoms with Crippen molar-refractivity contribution < 1.29 is 13.2 Å². The number of sulfonamides is 1. The molecule has 0 spiro atoms. The van der Waals surface area contributed by atoms with E-state index in [0.29, 0.717) is 27.8 Å². The quantitative estimate of drug-likeness (QED) is 0.638. The van der Waals surface area contributed by atoms with Crippen LogP contribution in [0.15, 0.2) is 53.4 Å². The lowest BCUT2D eigenvalue weighted by Crippen LogP contribution is -2.24. The molecule has 3 rings (SSSR count). The Kier molecular flexibility index (Phi) is 5.76. The van der Waals surface area contributed by atoms with Crippen molar-refractivity contribution in [2.75, 3.05) is 0 Å². The Hall–Kier alpha value is -2.06. The Morgan fingerprint density at radius 3 is 2.44 bits per heavy atom. The van der Waals surface area contributed by atoms with E-state index in [0.717, 1.165) is 0 Å². The molecule has 0 aliphatic carbocycles. The zero-order valence-corrected chi connectivity index (χ0v) is 16.9. The third-order valence-electron chi connectivity index (χ3n) is 3.85. The van der Waals surface area contributed by atoms with Gasteiger partial charge in [0.15, 0.2) is 0 Å². The predicted molar refractivity (Wildman–Crippen MR) is 105 cm³/mol. The van der Waals surface area contributed by atoms with Gasteiger partial charge in [-0.15, -0.1) is 0 Å². The molecule has 1 aromatic heterocycles. The molecule has 0 bridgehead atoms. The number of nitrogens with one attached hydrogen (secondary N) is 1. The highest BCUT2D eigenvalue weighted by molar-refractivity contribution is 7.89. The standard InChI is InChI=1S/C18H17Cl2N3O3S/c1-12-17(18(20)23(2)22-12)27(24,25)21-11-14-15(19)9-6-10-16(14)26-13-7-4-3-5-8-13/h3-10,21H,11H2,1-2H3. The minimum atomic E-state index is -3.88. The molecule has 27 heavy (non-hydrogen) atoms. The van der Waals surface area contributed by atoms with Gasteiger partial charge >= 0.3 is 0 Å². The highest BCUT2D eigenvalue weighted by Crippen LogP contribution is 2.31. The Bertz CT molecular complexity index is 1070. The summed E-state index contributed by atoms with van der Waals surface area (Å²) in [5.41, 5.74) is 0.833. The Labute approximate surface area is 167 Å². The second-order valence-electron chi connectivity index (χ2n) is 5.79. The van der Waals surface area contributed by atoms with E-state index in [1.807, 2.05) is 18.2 Å². The molecular weight excluding hydrogens is 409 g/mol. The fraction of sp³-hybridized carbons (Fsp3) is 0.167. The summed E-state index contributed by atoms with van der Waals surface area (Å²) in [4.78, 5) is -0.0516. The zero-order valence-electron chi connectivity index (χ0n) is 14.6. The molecule has 0 unspecified atom stereocenters. The maximum absolute atomic E-state index is 12.7. The number of hydrogen-bond acceptors (Lipinski definition) is 4. The number of benzene rings is 2. The van der Waals surface area contributed by atoms with Crippen LogP contribution in [-0.2, 0) is 23.6 Å². The third kappa shape index (κ3) is 4.27. The van der Waals surface area contributed by atoms with E-state index in [9.17, 15) is 8.42 Å². The van der Waals surface area contributed by atoms with Gasteiger partial charge in [0.25, 0.3) is 0 Å². The minimum absolute atomic E-state index is 0.0416. The maximum atomic E-state index is 12.7. The maximum Gasteiger partial charge on any atom is 0.245 e. The average molecular weight is 426 g/mol. The first-order chi connectivity index (χ1) is 12.8. The van der Waals surface area contributed by atoms with Crippen molar-refractivity contribution in [1.29, 1.82) is 0 Å². The van der Waals surface area contributed by atoms with Crippen molar-refractivity contribution in [3.63, 3.8) is 0 Å². The topological polar surface area (TPSA) is 73.2 Å². The Morgan fingerprint density at radius 2 is 1.81 bits per heavy atom. The third-order valence-corrected chi connectivity index (χ3v) is 6.31. The summed E-state index contributed by atoms with van der Waals surface area (Å²) in [6.07, 6.45) is 0. The van der Waals surface area contributed by atoms with Crippen molar-refractivity contribution in [1.82, 2.24) is 14.5 Å². The summed E-state index contributed by atoms with van der Waals surface area (Å²) in [5, 5.41) is 4.47. The van der Waals surface area contributed by atoms with Gasteiger partial charge in [-0.2, -0.15) is 5.10 Å². The van der Waals surface area contributed by atoms with Crippen molar-refractivity contribution in [2.24, 2.45) is 7.05 Å². The zero-order chi connectivity index (χ0) is 19.6. The minimum Gasteiger partial charge on any atom is -0.457 e. The van der Waals surface area contributed by atoms with E-state index in [4.69, 9.17) is 27.9 Å². The van der Waals surface area contributed by atoms with E-state index in [1.54, 1.807) is 44.3 Å². The van der Waals surface area contributed by atoms with Gasteiger partial charge < -0.3 is 4.74 Å². The first-order valence-corrected chi connectivity index (χ1v) is 10.2. The Balaban J connectivity index is 1.88. The monoisotopic (exact) mass is 425 g/mol. The Morgan fingerprint density at radius 1 is 1.11 bits per heavy atom. The highest BCUT2D eigenvalue weighted by atomic mass is 35.5. The summed E-state index contributed by atoms with van der Waals surface area (Å²) in [6.45, 7) is 1.52. The van der Waals surface area contributed by atoms with Crippen LogP contribution in [0.1, 0.15) is 11.3 Å². The fourth-order valence-electron chi connectivity index (χ4n) is 2.58. The molecule has 6 nitrogen and oxygen atoms in total. The van der Waals surface area contributed by atoms with Crippen molar-refractivity contribution in [3.05, 3.63) is 70.0 Å². The van der Waals surface area contributed by atoms with E-state index < -0.39 is 10.0 Å². The normalized spacial score (nSPS) is 11.6. The van der Waals surface area contributed by atoms with Gasteiger partial charge in [0.2, 0.25) is 10.0 Å². The first-order valence-electron chi connectivity index (χ1n) is 7.98. The first kappa shape index (κ1) is 19.7. The number of aromatic nitrogens is 2. The van der Waals surface area contributed by atoms with Gasteiger partial charge in [0.05, 0.1) is 5.69 Å². The van der Waals surface area contributed by atoms with Crippen LogP contribution in [0.2, 0.25) is 10.2 Å². The van der Waals surface area contributed by atoms with Crippen molar-refractivity contribution in [3.8, 4) is 11.5 Å². The number of ether oxygens (including phenoxy) is 1. The van der Waals surface area contributed by atoms with Crippen LogP contribution in [0.25, 0.3) is 0 Å². The molecule has 1 N–H and O–H groups in total. The molecule has 0 atom stereocenters. The van der Waals surface area contributed by atoms with Crippen LogP contribution in [-0.4, -0.2) is 18.2 Å². The SMILES string of the molecule is Cc1nn(C)c(Cl)c1S(=O)(=O)NCc1c(Cl)cccc1Oc1ccccc1. The van der Waals surface area contributed by atoms with E-state index in [-0.39, 0.29) is 16.6 Å². The van der Waals surface area contributed by atoms with E-state index >= 15 is 0 Å². The molecule has 0 fully saturated rings. The lowest BCUT2D eigenvalue weighted by Gasteiger charge is -2.14. The summed E-state index contributed by atoms with van der Waals surface area (Å²) in [7, 11) is -2.31. The number of hydrogen-bond donors (Lipinski definition) is 1. The average Bonchev–Trinajstić information content (AvgIpc) is 2.88. The van der Waals surface area contributed by atoms with Gasteiger partial charge in [-0.25, -0.2) is 13.1 Å². The molecule has 1 heterocycles.